The minimum atomic E-state index is -0.729. The highest BCUT2D eigenvalue weighted by atomic mass is 32.2. The van der Waals surface area contributed by atoms with Crippen LogP contribution in [0.2, 0.25) is 0 Å². The van der Waals surface area contributed by atoms with Crippen molar-refractivity contribution in [3.63, 3.8) is 0 Å². The molecule has 0 aromatic heterocycles. The molecule has 3 heteroatoms. The third kappa shape index (κ3) is 2.73. The SMILES string of the molecule is CS(=O)CCC1CCCC1=O. The zero-order valence-corrected chi connectivity index (χ0v) is 7.65. The molecule has 0 radical (unpaired) electrons. The van der Waals surface area contributed by atoms with Crippen LogP contribution in [0.3, 0.4) is 0 Å². The first-order valence-corrected chi connectivity index (χ1v) is 5.75. The number of rotatable bonds is 3. The summed E-state index contributed by atoms with van der Waals surface area (Å²) >= 11 is 0. The molecule has 0 spiro atoms. The van der Waals surface area contributed by atoms with E-state index in [2.05, 4.69) is 0 Å². The molecular weight excluding hydrogens is 160 g/mol. The molecule has 0 saturated heterocycles. The Bertz CT molecular complexity index is 177. The predicted molar refractivity (Wildman–Crippen MR) is 45.9 cm³/mol. The lowest BCUT2D eigenvalue weighted by Crippen LogP contribution is -2.09. The van der Waals surface area contributed by atoms with Gasteiger partial charge in [-0.3, -0.25) is 9.00 Å². The first-order valence-electron chi connectivity index (χ1n) is 4.03. The molecule has 2 atom stereocenters. The van der Waals surface area contributed by atoms with E-state index in [9.17, 15) is 9.00 Å². The highest BCUT2D eigenvalue weighted by Gasteiger charge is 2.23. The van der Waals surface area contributed by atoms with Crippen LogP contribution in [-0.2, 0) is 15.6 Å². The van der Waals surface area contributed by atoms with E-state index < -0.39 is 10.8 Å². The molecule has 0 amide bonds. The standard InChI is InChI=1S/C8H14O2S/c1-11(10)6-5-7-3-2-4-8(7)9/h7H,2-6H2,1H3. The number of Topliss-reactive ketones (excluding diaryl/α,β-unsaturated/α-hetero) is 1. The van der Waals surface area contributed by atoms with Crippen molar-refractivity contribution >= 4 is 16.6 Å². The van der Waals surface area contributed by atoms with Gasteiger partial charge in [-0.2, -0.15) is 0 Å². The highest BCUT2D eigenvalue weighted by molar-refractivity contribution is 7.84. The van der Waals surface area contributed by atoms with Gasteiger partial charge in [0.25, 0.3) is 0 Å². The molecule has 0 aliphatic heterocycles. The van der Waals surface area contributed by atoms with Crippen molar-refractivity contribution < 1.29 is 9.00 Å². The van der Waals surface area contributed by atoms with Gasteiger partial charge in [-0.05, 0) is 19.3 Å². The van der Waals surface area contributed by atoms with Gasteiger partial charge in [0.1, 0.15) is 5.78 Å². The van der Waals surface area contributed by atoms with Crippen LogP contribution in [0.4, 0.5) is 0 Å². The van der Waals surface area contributed by atoms with Crippen LogP contribution < -0.4 is 0 Å². The van der Waals surface area contributed by atoms with Gasteiger partial charge in [0.15, 0.2) is 0 Å². The van der Waals surface area contributed by atoms with Crippen LogP contribution >= 0.6 is 0 Å². The summed E-state index contributed by atoms with van der Waals surface area (Å²) in [5.41, 5.74) is 0. The molecule has 1 fully saturated rings. The van der Waals surface area contributed by atoms with Crippen LogP contribution in [0, 0.1) is 5.92 Å². The average Bonchev–Trinajstić information content (AvgIpc) is 2.31. The van der Waals surface area contributed by atoms with Crippen molar-refractivity contribution in [3.8, 4) is 0 Å². The van der Waals surface area contributed by atoms with E-state index in [-0.39, 0.29) is 5.92 Å². The quantitative estimate of drug-likeness (QED) is 0.642. The van der Waals surface area contributed by atoms with Crippen molar-refractivity contribution in [2.24, 2.45) is 5.92 Å². The van der Waals surface area contributed by atoms with E-state index in [1.54, 1.807) is 6.26 Å². The second-order valence-electron chi connectivity index (χ2n) is 3.12. The lowest BCUT2D eigenvalue weighted by atomic mass is 10.1. The Morgan fingerprint density at radius 1 is 1.64 bits per heavy atom. The second kappa shape index (κ2) is 4.00. The molecule has 2 unspecified atom stereocenters. The molecule has 1 rings (SSSR count). The summed E-state index contributed by atoms with van der Waals surface area (Å²) in [7, 11) is -0.729. The monoisotopic (exact) mass is 174 g/mol. The summed E-state index contributed by atoms with van der Waals surface area (Å²) in [5.74, 6) is 1.31. The molecule has 0 aromatic rings. The Kier molecular flexibility index (Phi) is 3.24. The fraction of sp³-hybridized carbons (Fsp3) is 0.875. The molecule has 1 aliphatic carbocycles. The first-order chi connectivity index (χ1) is 5.20. The average molecular weight is 174 g/mol. The third-order valence-electron chi connectivity index (χ3n) is 2.18. The van der Waals surface area contributed by atoms with Gasteiger partial charge in [-0.25, -0.2) is 0 Å². The minimum absolute atomic E-state index is 0.235. The normalized spacial score (nSPS) is 27.4. The maximum Gasteiger partial charge on any atom is 0.136 e. The fourth-order valence-electron chi connectivity index (χ4n) is 1.50. The van der Waals surface area contributed by atoms with Crippen molar-refractivity contribution in [3.05, 3.63) is 0 Å². The summed E-state index contributed by atoms with van der Waals surface area (Å²) in [6.07, 6.45) is 5.35. The summed E-state index contributed by atoms with van der Waals surface area (Å²) in [6.45, 7) is 0. The van der Waals surface area contributed by atoms with Gasteiger partial charge in [-0.15, -0.1) is 0 Å². The molecule has 1 aliphatic rings. The Morgan fingerprint density at radius 2 is 2.36 bits per heavy atom. The zero-order chi connectivity index (χ0) is 8.27. The van der Waals surface area contributed by atoms with Gasteiger partial charge in [0.05, 0.1) is 0 Å². The predicted octanol–water partition coefficient (Wildman–Crippen LogP) is 1.12. The molecule has 1 saturated carbocycles. The molecule has 0 heterocycles. The smallest absolute Gasteiger partial charge is 0.136 e. The number of ketones is 1. The van der Waals surface area contributed by atoms with Crippen molar-refractivity contribution in [1.82, 2.24) is 0 Å². The van der Waals surface area contributed by atoms with Crippen molar-refractivity contribution in [1.29, 1.82) is 0 Å². The summed E-state index contributed by atoms with van der Waals surface area (Å²) in [6, 6.07) is 0. The molecular formula is C8H14O2S. The number of hydrogen-bond donors (Lipinski definition) is 0. The zero-order valence-electron chi connectivity index (χ0n) is 6.84. The molecule has 0 N–H and O–H groups in total. The van der Waals surface area contributed by atoms with E-state index in [0.717, 1.165) is 25.7 Å². The van der Waals surface area contributed by atoms with E-state index in [4.69, 9.17) is 0 Å². The van der Waals surface area contributed by atoms with E-state index in [1.165, 1.54) is 0 Å². The Hall–Kier alpha value is -0.180. The van der Waals surface area contributed by atoms with E-state index >= 15 is 0 Å². The molecule has 11 heavy (non-hydrogen) atoms. The summed E-state index contributed by atoms with van der Waals surface area (Å²) in [4.78, 5) is 11.1. The Balaban J connectivity index is 2.26. The minimum Gasteiger partial charge on any atom is -0.299 e. The summed E-state index contributed by atoms with van der Waals surface area (Å²) < 4.78 is 10.7. The van der Waals surface area contributed by atoms with Crippen LogP contribution in [0.25, 0.3) is 0 Å². The molecule has 0 aromatic carbocycles. The van der Waals surface area contributed by atoms with Gasteiger partial charge in [-0.1, -0.05) is 0 Å². The lowest BCUT2D eigenvalue weighted by Gasteiger charge is -2.04. The third-order valence-corrected chi connectivity index (χ3v) is 3.00. The molecule has 64 valence electrons. The Morgan fingerprint density at radius 3 is 2.82 bits per heavy atom. The van der Waals surface area contributed by atoms with E-state index in [1.807, 2.05) is 0 Å². The fourth-order valence-corrected chi connectivity index (χ4v) is 2.12. The highest BCUT2D eigenvalue weighted by Crippen LogP contribution is 2.24. The number of hydrogen-bond acceptors (Lipinski definition) is 2. The van der Waals surface area contributed by atoms with Gasteiger partial charge in [0, 0.05) is 35.1 Å². The van der Waals surface area contributed by atoms with Gasteiger partial charge >= 0.3 is 0 Å². The van der Waals surface area contributed by atoms with Crippen LogP contribution in [-0.4, -0.2) is 22.0 Å². The molecule has 0 bridgehead atoms. The van der Waals surface area contributed by atoms with Crippen molar-refractivity contribution in [2.75, 3.05) is 12.0 Å². The Labute approximate surface area is 69.8 Å². The molecule has 2 nitrogen and oxygen atoms in total. The first kappa shape index (κ1) is 8.91. The van der Waals surface area contributed by atoms with Gasteiger partial charge < -0.3 is 0 Å². The maximum atomic E-state index is 11.1. The van der Waals surface area contributed by atoms with E-state index in [0.29, 0.717) is 11.5 Å². The van der Waals surface area contributed by atoms with Crippen molar-refractivity contribution in [2.45, 2.75) is 25.7 Å². The number of carbonyl (C=O) groups excluding carboxylic acids is 1. The van der Waals surface area contributed by atoms with Crippen LogP contribution in [0.15, 0.2) is 0 Å². The number of carbonyl (C=O) groups is 1. The van der Waals surface area contributed by atoms with Crippen LogP contribution in [0.1, 0.15) is 25.7 Å². The second-order valence-corrected chi connectivity index (χ2v) is 4.68. The van der Waals surface area contributed by atoms with Crippen LogP contribution in [0.5, 0.6) is 0 Å². The summed E-state index contributed by atoms with van der Waals surface area (Å²) in [5, 5.41) is 0. The lowest BCUT2D eigenvalue weighted by molar-refractivity contribution is -0.120. The topological polar surface area (TPSA) is 34.1 Å². The van der Waals surface area contributed by atoms with Gasteiger partial charge in [0.2, 0.25) is 0 Å². The maximum absolute atomic E-state index is 11.1. The largest absolute Gasteiger partial charge is 0.299 e.